The molecule has 0 heterocycles. The molecule has 0 radical (unpaired) electrons. The Morgan fingerprint density at radius 1 is 0.909 bits per heavy atom. The standard InChI is InChI=1S/C33H40F3N3O4S/c1-24(2)22-37-32(41)30(20-26-10-6-5-7-11-26)38(23-27-17-15-25(3)16-18-27)31(40)14-9-19-39(44(4,42)43)29-13-8-12-28(21-29)33(34,35)36/h5-8,10-13,15-18,21,24,30H,9,14,19-20,22-23H2,1-4H3,(H,37,41)/t30-/m1/s1. The van der Waals surface area contributed by atoms with Crippen LogP contribution in [0.2, 0.25) is 0 Å². The lowest BCUT2D eigenvalue weighted by atomic mass is 10.0. The van der Waals surface area contributed by atoms with Crippen LogP contribution < -0.4 is 9.62 Å². The van der Waals surface area contributed by atoms with Gasteiger partial charge in [0.05, 0.1) is 17.5 Å². The molecule has 3 aromatic rings. The quantitative estimate of drug-likeness (QED) is 0.238. The van der Waals surface area contributed by atoms with Gasteiger partial charge < -0.3 is 10.2 Å². The molecule has 2 amide bonds. The molecule has 1 atom stereocenters. The second kappa shape index (κ2) is 15.2. The molecule has 238 valence electrons. The molecule has 0 fully saturated rings. The minimum atomic E-state index is -4.64. The summed E-state index contributed by atoms with van der Waals surface area (Å²) in [5, 5.41) is 2.95. The highest BCUT2D eigenvalue weighted by Crippen LogP contribution is 2.32. The van der Waals surface area contributed by atoms with Crippen molar-refractivity contribution in [3.8, 4) is 0 Å². The monoisotopic (exact) mass is 631 g/mol. The van der Waals surface area contributed by atoms with Crippen molar-refractivity contribution in [1.82, 2.24) is 10.2 Å². The van der Waals surface area contributed by atoms with E-state index in [9.17, 15) is 31.2 Å². The zero-order chi connectivity index (χ0) is 32.5. The van der Waals surface area contributed by atoms with Crippen LogP contribution >= 0.6 is 0 Å². The van der Waals surface area contributed by atoms with Crippen molar-refractivity contribution in [2.24, 2.45) is 5.92 Å². The van der Waals surface area contributed by atoms with Gasteiger partial charge in [0.25, 0.3) is 0 Å². The van der Waals surface area contributed by atoms with Crippen molar-refractivity contribution < 1.29 is 31.2 Å². The zero-order valence-corrected chi connectivity index (χ0v) is 26.3. The van der Waals surface area contributed by atoms with Gasteiger partial charge in [-0.2, -0.15) is 13.2 Å². The average Bonchev–Trinajstić information content (AvgIpc) is 2.96. The molecule has 0 bridgehead atoms. The van der Waals surface area contributed by atoms with Gasteiger partial charge in [0.2, 0.25) is 21.8 Å². The fourth-order valence-corrected chi connectivity index (χ4v) is 5.67. The number of sulfonamides is 1. The molecule has 0 aliphatic carbocycles. The SMILES string of the molecule is Cc1ccc(CN(C(=O)CCCN(c2cccc(C(F)(F)F)c2)S(C)(=O)=O)[C@H](Cc2ccccc2)C(=O)NCC(C)C)cc1. The number of benzene rings is 3. The normalized spacial score (nSPS) is 12.5. The highest BCUT2D eigenvalue weighted by atomic mass is 32.2. The van der Waals surface area contributed by atoms with Gasteiger partial charge in [-0.25, -0.2) is 8.42 Å². The first-order chi connectivity index (χ1) is 20.6. The number of anilines is 1. The molecule has 0 spiro atoms. The minimum Gasteiger partial charge on any atom is -0.354 e. The fourth-order valence-electron chi connectivity index (χ4n) is 4.71. The number of aryl methyl sites for hydroxylation is 1. The minimum absolute atomic E-state index is 0.0260. The van der Waals surface area contributed by atoms with Crippen LogP contribution in [0, 0.1) is 12.8 Å². The van der Waals surface area contributed by atoms with Gasteiger partial charge in [-0.3, -0.25) is 13.9 Å². The highest BCUT2D eigenvalue weighted by Gasteiger charge is 2.33. The Morgan fingerprint density at radius 3 is 2.16 bits per heavy atom. The van der Waals surface area contributed by atoms with E-state index in [1.54, 1.807) is 0 Å². The molecule has 11 heteroatoms. The van der Waals surface area contributed by atoms with E-state index in [4.69, 9.17) is 0 Å². The van der Waals surface area contributed by atoms with Crippen LogP contribution in [-0.4, -0.2) is 50.5 Å². The summed E-state index contributed by atoms with van der Waals surface area (Å²) in [6.45, 7) is 6.25. The Balaban J connectivity index is 1.89. The maximum Gasteiger partial charge on any atom is 0.416 e. The number of hydrogen-bond donors (Lipinski definition) is 1. The third-order valence-corrected chi connectivity index (χ3v) is 8.24. The summed E-state index contributed by atoms with van der Waals surface area (Å²) in [4.78, 5) is 29.0. The van der Waals surface area contributed by atoms with Crippen molar-refractivity contribution in [1.29, 1.82) is 0 Å². The fraction of sp³-hybridized carbons (Fsp3) is 0.394. The number of carbonyl (C=O) groups is 2. The first kappa shape index (κ1) is 34.6. The topological polar surface area (TPSA) is 86.8 Å². The third-order valence-electron chi connectivity index (χ3n) is 7.04. The average molecular weight is 632 g/mol. The number of amides is 2. The van der Waals surface area contributed by atoms with E-state index in [0.717, 1.165) is 45.5 Å². The van der Waals surface area contributed by atoms with E-state index in [0.29, 0.717) is 6.54 Å². The van der Waals surface area contributed by atoms with Gasteiger partial charge in [0.1, 0.15) is 6.04 Å². The largest absolute Gasteiger partial charge is 0.416 e. The molecule has 3 aromatic carbocycles. The zero-order valence-electron chi connectivity index (χ0n) is 25.5. The van der Waals surface area contributed by atoms with Crippen molar-refractivity contribution in [2.75, 3.05) is 23.7 Å². The van der Waals surface area contributed by atoms with E-state index in [2.05, 4.69) is 5.32 Å². The molecule has 3 rings (SSSR count). The molecule has 0 aliphatic rings. The summed E-state index contributed by atoms with van der Waals surface area (Å²) in [6, 6.07) is 20.2. The molecule has 7 nitrogen and oxygen atoms in total. The molecule has 0 unspecified atom stereocenters. The number of halogens is 3. The third kappa shape index (κ3) is 10.4. The van der Waals surface area contributed by atoms with Crippen LogP contribution in [0.5, 0.6) is 0 Å². The molecule has 0 aromatic heterocycles. The first-order valence-corrected chi connectivity index (χ1v) is 16.3. The van der Waals surface area contributed by atoms with Crippen LogP contribution in [0.3, 0.4) is 0 Å². The highest BCUT2D eigenvalue weighted by molar-refractivity contribution is 7.92. The summed E-state index contributed by atoms with van der Waals surface area (Å²) >= 11 is 0. The van der Waals surface area contributed by atoms with Crippen molar-refractivity contribution in [2.45, 2.75) is 58.8 Å². The van der Waals surface area contributed by atoms with Gasteiger partial charge in [-0.15, -0.1) is 0 Å². The van der Waals surface area contributed by atoms with E-state index in [1.165, 1.54) is 11.0 Å². The van der Waals surface area contributed by atoms with Gasteiger partial charge >= 0.3 is 6.18 Å². The summed E-state index contributed by atoms with van der Waals surface area (Å²) < 4.78 is 66.0. The Hall–Kier alpha value is -3.86. The number of nitrogens with one attached hydrogen (secondary N) is 1. The Morgan fingerprint density at radius 2 is 1.57 bits per heavy atom. The van der Waals surface area contributed by atoms with E-state index < -0.39 is 27.8 Å². The molecule has 1 N–H and O–H groups in total. The molecule has 44 heavy (non-hydrogen) atoms. The number of alkyl halides is 3. The summed E-state index contributed by atoms with van der Waals surface area (Å²) in [6.07, 6.45) is -3.57. The second-order valence-corrected chi connectivity index (χ2v) is 13.2. The Bertz CT molecular complexity index is 1490. The van der Waals surface area contributed by atoms with Crippen molar-refractivity contribution in [3.63, 3.8) is 0 Å². The lowest BCUT2D eigenvalue weighted by Gasteiger charge is -2.32. The predicted octanol–water partition coefficient (Wildman–Crippen LogP) is 5.97. The van der Waals surface area contributed by atoms with Crippen molar-refractivity contribution >= 4 is 27.5 Å². The summed E-state index contributed by atoms with van der Waals surface area (Å²) in [5.41, 5.74) is 1.62. The maximum atomic E-state index is 13.9. The summed E-state index contributed by atoms with van der Waals surface area (Å²) in [5.74, 6) is -0.483. The van der Waals surface area contributed by atoms with Crippen LogP contribution in [0.25, 0.3) is 0 Å². The number of carbonyl (C=O) groups excluding carboxylic acids is 2. The number of rotatable bonds is 14. The molecular weight excluding hydrogens is 591 g/mol. The van der Waals surface area contributed by atoms with Gasteiger partial charge in [-0.1, -0.05) is 80.1 Å². The van der Waals surface area contributed by atoms with E-state index in [1.807, 2.05) is 75.4 Å². The predicted molar refractivity (Wildman–Crippen MR) is 166 cm³/mol. The van der Waals surface area contributed by atoms with Crippen molar-refractivity contribution in [3.05, 3.63) is 101 Å². The van der Waals surface area contributed by atoms with Gasteiger partial charge in [0, 0.05) is 32.5 Å². The Labute approximate surface area is 258 Å². The van der Waals surface area contributed by atoms with E-state index in [-0.39, 0.29) is 55.8 Å². The second-order valence-electron chi connectivity index (χ2n) is 11.3. The van der Waals surface area contributed by atoms with Crippen LogP contribution in [0.1, 0.15) is 48.9 Å². The van der Waals surface area contributed by atoms with Crippen LogP contribution in [0.4, 0.5) is 18.9 Å². The maximum absolute atomic E-state index is 13.9. The molecule has 0 aliphatic heterocycles. The van der Waals surface area contributed by atoms with Crippen LogP contribution in [-0.2, 0) is 38.8 Å². The lowest BCUT2D eigenvalue weighted by molar-refractivity contribution is -0.141. The first-order valence-electron chi connectivity index (χ1n) is 14.5. The van der Waals surface area contributed by atoms with Crippen LogP contribution in [0.15, 0.2) is 78.9 Å². The summed E-state index contributed by atoms with van der Waals surface area (Å²) in [7, 11) is -3.96. The lowest BCUT2D eigenvalue weighted by Crippen LogP contribution is -2.51. The number of nitrogens with zero attached hydrogens (tertiary/aromatic N) is 2. The van der Waals surface area contributed by atoms with Gasteiger partial charge in [0.15, 0.2) is 0 Å². The molecule has 0 saturated heterocycles. The molecule has 0 saturated carbocycles. The van der Waals surface area contributed by atoms with E-state index >= 15 is 0 Å². The number of hydrogen-bond acceptors (Lipinski definition) is 4. The smallest absolute Gasteiger partial charge is 0.354 e. The molecular formula is C33H40F3N3O4S. The Kier molecular flexibility index (Phi) is 12.0. The van der Waals surface area contributed by atoms with Gasteiger partial charge in [-0.05, 0) is 48.6 Å².